The number of pyridine rings is 1. The van der Waals surface area contributed by atoms with Crippen LogP contribution < -0.4 is 9.62 Å². The van der Waals surface area contributed by atoms with Gasteiger partial charge in [0.15, 0.2) is 0 Å². The Hall–Kier alpha value is -1.65. The van der Waals surface area contributed by atoms with Gasteiger partial charge in [0, 0.05) is 24.8 Å². The number of rotatable bonds is 3. The molecule has 0 aliphatic carbocycles. The SMILES string of the molecule is Cc1ccc(C#N)c(N2CCCC(NS(C)(=O)=O)C2)n1. The Morgan fingerprint density at radius 3 is 2.90 bits per heavy atom. The van der Waals surface area contributed by atoms with Crippen LogP contribution in [0.4, 0.5) is 5.82 Å². The highest BCUT2D eigenvalue weighted by Gasteiger charge is 2.24. The summed E-state index contributed by atoms with van der Waals surface area (Å²) in [7, 11) is -3.22. The zero-order chi connectivity index (χ0) is 14.8. The van der Waals surface area contributed by atoms with Crippen molar-refractivity contribution in [3.63, 3.8) is 0 Å². The van der Waals surface area contributed by atoms with E-state index >= 15 is 0 Å². The maximum absolute atomic E-state index is 11.3. The summed E-state index contributed by atoms with van der Waals surface area (Å²) in [4.78, 5) is 6.41. The van der Waals surface area contributed by atoms with Gasteiger partial charge < -0.3 is 4.90 Å². The number of anilines is 1. The molecule has 1 saturated heterocycles. The van der Waals surface area contributed by atoms with Crippen LogP contribution in [0.2, 0.25) is 0 Å². The summed E-state index contributed by atoms with van der Waals surface area (Å²) in [5.74, 6) is 0.646. The Morgan fingerprint density at radius 1 is 1.50 bits per heavy atom. The summed E-state index contributed by atoms with van der Waals surface area (Å²) in [6, 6.07) is 5.57. The van der Waals surface area contributed by atoms with E-state index in [4.69, 9.17) is 5.26 Å². The van der Waals surface area contributed by atoms with Gasteiger partial charge in [0.25, 0.3) is 0 Å². The van der Waals surface area contributed by atoms with Crippen LogP contribution in [0, 0.1) is 18.3 Å². The molecule has 108 valence electrons. The maximum Gasteiger partial charge on any atom is 0.209 e. The molecule has 1 aromatic rings. The lowest BCUT2D eigenvalue weighted by molar-refractivity contribution is 0.465. The normalized spacial score (nSPS) is 19.6. The highest BCUT2D eigenvalue weighted by Crippen LogP contribution is 2.22. The number of piperidine rings is 1. The maximum atomic E-state index is 11.3. The molecule has 0 saturated carbocycles. The van der Waals surface area contributed by atoms with E-state index in [1.54, 1.807) is 12.1 Å². The average molecular weight is 294 g/mol. The first kappa shape index (κ1) is 14.8. The van der Waals surface area contributed by atoms with E-state index in [-0.39, 0.29) is 6.04 Å². The fourth-order valence-electron chi connectivity index (χ4n) is 2.44. The van der Waals surface area contributed by atoms with E-state index in [0.717, 1.165) is 31.3 Å². The Kier molecular flexibility index (Phi) is 4.26. The quantitative estimate of drug-likeness (QED) is 0.890. The Morgan fingerprint density at radius 2 is 2.25 bits per heavy atom. The lowest BCUT2D eigenvalue weighted by Gasteiger charge is -2.34. The van der Waals surface area contributed by atoms with Crippen LogP contribution in [0.3, 0.4) is 0 Å². The van der Waals surface area contributed by atoms with Gasteiger partial charge in [0.05, 0.1) is 11.8 Å². The summed E-state index contributed by atoms with van der Waals surface area (Å²) >= 11 is 0. The van der Waals surface area contributed by atoms with Gasteiger partial charge in [-0.3, -0.25) is 0 Å². The van der Waals surface area contributed by atoms with E-state index in [1.165, 1.54) is 0 Å². The van der Waals surface area contributed by atoms with Crippen LogP contribution in [0.25, 0.3) is 0 Å². The van der Waals surface area contributed by atoms with Crippen LogP contribution in [0.1, 0.15) is 24.1 Å². The first-order valence-corrected chi connectivity index (χ1v) is 8.38. The smallest absolute Gasteiger partial charge is 0.209 e. The number of hydrogen-bond donors (Lipinski definition) is 1. The molecule has 2 heterocycles. The van der Waals surface area contributed by atoms with Crippen LogP contribution >= 0.6 is 0 Å². The highest BCUT2D eigenvalue weighted by atomic mass is 32.2. The number of aryl methyl sites for hydroxylation is 1. The minimum Gasteiger partial charge on any atom is -0.354 e. The Bertz CT molecular complexity index is 636. The average Bonchev–Trinajstić information content (AvgIpc) is 2.37. The van der Waals surface area contributed by atoms with E-state index in [9.17, 15) is 8.42 Å². The molecular weight excluding hydrogens is 276 g/mol. The topological polar surface area (TPSA) is 86.1 Å². The van der Waals surface area contributed by atoms with Crippen molar-refractivity contribution in [1.82, 2.24) is 9.71 Å². The number of sulfonamides is 1. The van der Waals surface area contributed by atoms with Gasteiger partial charge in [-0.2, -0.15) is 5.26 Å². The molecule has 0 aromatic carbocycles. The number of nitriles is 1. The third-order valence-electron chi connectivity index (χ3n) is 3.24. The molecule has 0 spiro atoms. The van der Waals surface area contributed by atoms with Gasteiger partial charge in [-0.05, 0) is 31.9 Å². The molecule has 0 amide bonds. The minimum absolute atomic E-state index is 0.132. The monoisotopic (exact) mass is 294 g/mol. The third kappa shape index (κ3) is 3.68. The van der Waals surface area contributed by atoms with E-state index in [1.807, 2.05) is 11.8 Å². The molecule has 20 heavy (non-hydrogen) atoms. The van der Waals surface area contributed by atoms with Crippen LogP contribution in [-0.4, -0.2) is 38.8 Å². The summed E-state index contributed by atoms with van der Waals surface area (Å²) < 4.78 is 25.3. The molecule has 1 fully saturated rings. The van der Waals surface area contributed by atoms with E-state index < -0.39 is 10.0 Å². The molecule has 1 unspecified atom stereocenters. The van der Waals surface area contributed by atoms with Crippen molar-refractivity contribution in [2.24, 2.45) is 0 Å². The summed E-state index contributed by atoms with van der Waals surface area (Å²) in [5, 5.41) is 9.16. The van der Waals surface area contributed by atoms with Gasteiger partial charge >= 0.3 is 0 Å². The van der Waals surface area contributed by atoms with Crippen LogP contribution in [-0.2, 0) is 10.0 Å². The Labute approximate surface area is 119 Å². The zero-order valence-electron chi connectivity index (χ0n) is 11.6. The highest BCUT2D eigenvalue weighted by molar-refractivity contribution is 7.88. The number of nitrogens with zero attached hydrogens (tertiary/aromatic N) is 3. The molecule has 1 aliphatic heterocycles. The lowest BCUT2D eigenvalue weighted by Crippen LogP contribution is -2.47. The molecule has 1 aromatic heterocycles. The molecule has 1 aliphatic rings. The fourth-order valence-corrected chi connectivity index (χ4v) is 3.24. The van der Waals surface area contributed by atoms with Crippen molar-refractivity contribution in [2.75, 3.05) is 24.2 Å². The number of hydrogen-bond acceptors (Lipinski definition) is 5. The lowest BCUT2D eigenvalue weighted by atomic mass is 10.1. The van der Waals surface area contributed by atoms with Crippen molar-refractivity contribution in [1.29, 1.82) is 5.26 Å². The second-order valence-electron chi connectivity index (χ2n) is 5.11. The Balaban J connectivity index is 2.21. The molecule has 1 atom stereocenters. The summed E-state index contributed by atoms with van der Waals surface area (Å²) in [6.45, 7) is 3.20. The standard InChI is InChI=1S/C13H18N4O2S/c1-10-5-6-11(8-14)13(15-10)17-7-3-4-12(9-17)16-20(2,18)19/h5-6,12,16H,3-4,7,9H2,1-2H3. The summed E-state index contributed by atoms with van der Waals surface area (Å²) in [5.41, 5.74) is 1.37. The predicted octanol–water partition coefficient (Wildman–Crippen LogP) is 0.780. The molecule has 7 heteroatoms. The van der Waals surface area contributed by atoms with Crippen molar-refractivity contribution in [2.45, 2.75) is 25.8 Å². The van der Waals surface area contributed by atoms with Crippen molar-refractivity contribution in [3.05, 3.63) is 23.4 Å². The second-order valence-corrected chi connectivity index (χ2v) is 6.89. The van der Waals surface area contributed by atoms with Gasteiger partial charge in [-0.1, -0.05) is 0 Å². The van der Waals surface area contributed by atoms with Gasteiger partial charge in [-0.25, -0.2) is 18.1 Å². The van der Waals surface area contributed by atoms with Crippen LogP contribution in [0.5, 0.6) is 0 Å². The van der Waals surface area contributed by atoms with E-state index in [0.29, 0.717) is 17.9 Å². The fraction of sp³-hybridized carbons (Fsp3) is 0.538. The molecule has 0 bridgehead atoms. The van der Waals surface area contributed by atoms with Gasteiger partial charge in [0.2, 0.25) is 10.0 Å². The summed E-state index contributed by atoms with van der Waals surface area (Å²) in [6.07, 6.45) is 2.84. The van der Waals surface area contributed by atoms with Crippen molar-refractivity contribution in [3.8, 4) is 6.07 Å². The van der Waals surface area contributed by atoms with Crippen molar-refractivity contribution >= 4 is 15.8 Å². The van der Waals surface area contributed by atoms with Crippen molar-refractivity contribution < 1.29 is 8.42 Å². The number of aromatic nitrogens is 1. The zero-order valence-corrected chi connectivity index (χ0v) is 12.4. The molecule has 6 nitrogen and oxygen atoms in total. The van der Waals surface area contributed by atoms with Gasteiger partial charge in [-0.15, -0.1) is 0 Å². The van der Waals surface area contributed by atoms with E-state index in [2.05, 4.69) is 15.8 Å². The second kappa shape index (κ2) is 5.77. The number of nitrogens with one attached hydrogen (secondary N) is 1. The molecular formula is C13H18N4O2S. The largest absolute Gasteiger partial charge is 0.354 e. The third-order valence-corrected chi connectivity index (χ3v) is 4.00. The van der Waals surface area contributed by atoms with Crippen LogP contribution in [0.15, 0.2) is 12.1 Å². The minimum atomic E-state index is -3.22. The molecule has 2 rings (SSSR count). The van der Waals surface area contributed by atoms with Gasteiger partial charge in [0.1, 0.15) is 11.9 Å². The molecule has 0 radical (unpaired) electrons. The first-order valence-electron chi connectivity index (χ1n) is 6.49. The predicted molar refractivity (Wildman–Crippen MR) is 76.9 cm³/mol. The first-order chi connectivity index (χ1) is 9.39. The molecule has 1 N–H and O–H groups in total.